The number of anilines is 2. The molecule has 0 radical (unpaired) electrons. The summed E-state index contributed by atoms with van der Waals surface area (Å²) in [5.74, 6) is 2.50. The molecule has 4 aromatic rings. The Morgan fingerprint density at radius 1 is 0.660 bits per heavy atom. The van der Waals surface area contributed by atoms with Gasteiger partial charge in [0.25, 0.3) is 0 Å². The molecule has 2 aliphatic carbocycles. The molecule has 0 aromatic heterocycles. The molecule has 2 aliphatic rings. The Hall–Kier alpha value is -3.53. The molecule has 0 unspecified atom stereocenters. The molecular weight excluding hydrogens is 742 g/mol. The molecule has 53 heavy (non-hydrogen) atoms. The number of hydrogen-bond donors (Lipinski definition) is 4. The van der Waals surface area contributed by atoms with E-state index in [-0.39, 0.29) is 13.2 Å². The number of primary amides is 1. The summed E-state index contributed by atoms with van der Waals surface area (Å²) in [5.41, 5.74) is 11.6. The number of carbonyl (C=O) groups is 1. The molecule has 0 heterocycles. The van der Waals surface area contributed by atoms with Gasteiger partial charge in [-0.25, -0.2) is 4.79 Å². The second-order valence-electron chi connectivity index (χ2n) is 14.2. The zero-order valence-electron chi connectivity index (χ0n) is 29.9. The van der Waals surface area contributed by atoms with E-state index in [1.807, 2.05) is 72.8 Å². The molecule has 280 valence electrons. The van der Waals surface area contributed by atoms with E-state index in [0.29, 0.717) is 28.7 Å². The predicted molar refractivity (Wildman–Crippen MR) is 227 cm³/mol. The van der Waals surface area contributed by atoms with Crippen molar-refractivity contribution in [2.45, 2.75) is 89.3 Å². The lowest BCUT2D eigenvalue weighted by Gasteiger charge is -2.29. The Morgan fingerprint density at radius 3 is 1.45 bits per heavy atom. The van der Waals surface area contributed by atoms with Gasteiger partial charge in [0.2, 0.25) is 0 Å². The monoisotopic (exact) mass is 789 g/mol. The smallest absolute Gasteiger partial charge is 0.404 e. The van der Waals surface area contributed by atoms with Crippen LogP contribution in [0.1, 0.15) is 98.3 Å². The molecule has 4 aromatic carbocycles. The van der Waals surface area contributed by atoms with Crippen LogP contribution in [0.5, 0.6) is 0 Å². The Kier molecular flexibility index (Phi) is 16.0. The van der Waals surface area contributed by atoms with Crippen molar-refractivity contribution in [1.29, 1.82) is 0 Å². The summed E-state index contributed by atoms with van der Waals surface area (Å²) in [7, 11) is 0. The van der Waals surface area contributed by atoms with Crippen molar-refractivity contribution in [1.82, 2.24) is 0 Å². The van der Waals surface area contributed by atoms with Crippen LogP contribution in [0.25, 0.3) is 0 Å². The van der Waals surface area contributed by atoms with Crippen molar-refractivity contribution in [3.63, 3.8) is 0 Å². The Morgan fingerprint density at radius 2 is 1.08 bits per heavy atom. The van der Waals surface area contributed by atoms with Crippen molar-refractivity contribution in [3.8, 4) is 0 Å². The minimum Gasteiger partial charge on any atom is -0.445 e. The normalized spacial score (nSPS) is 19.6. The molecule has 2 fully saturated rings. The highest BCUT2D eigenvalue weighted by atomic mass is 35.5. The molecule has 10 heteroatoms. The van der Waals surface area contributed by atoms with E-state index in [4.69, 9.17) is 63.2 Å². The van der Waals surface area contributed by atoms with Crippen LogP contribution in [0.3, 0.4) is 0 Å². The first-order chi connectivity index (χ1) is 25.6. The van der Waals surface area contributed by atoms with Gasteiger partial charge in [0.05, 0.1) is 16.6 Å². The fraction of sp³-hybridized carbons (Fsp3) is 0.372. The lowest BCUT2D eigenvalue weighted by atomic mass is 9.77. The maximum atomic E-state index is 10.7. The van der Waals surface area contributed by atoms with Crippen LogP contribution < -0.4 is 16.4 Å². The Labute approximate surface area is 334 Å². The maximum Gasteiger partial charge on any atom is 0.404 e. The summed E-state index contributed by atoms with van der Waals surface area (Å²) in [4.78, 5) is 12.5. The molecule has 2 saturated carbocycles. The number of amides is 1. The zero-order chi connectivity index (χ0) is 37.6. The number of thiocarbonyl (C=S) groups is 2. The standard InChI is InChI=1S/C22H25ClN2O2S.C21H24ClNOS/c23-19-2-1-3-20(13-19)25-21(28)12-15-4-8-17(9-5-15)18-10-6-16(7-11-18)14-27-22(24)26;22-19-2-1-3-20(13-19)23-21(25)12-15-4-8-17(9-5-15)18-10-6-16(14-24)7-11-18/h1-3,6-7,10-11,13,15,17H,4-5,8-9,12,14H2,(H2,24,26)(H,25,28);1-3,6-7,10-11,13,15,17,24H,4-5,8-9,12,14H2,(H,23,25). The van der Waals surface area contributed by atoms with Crippen molar-refractivity contribution in [3.05, 3.63) is 129 Å². The average Bonchev–Trinajstić information content (AvgIpc) is 3.15. The SMILES string of the molecule is NC(=O)OCc1ccc(C2CCC(CC(=S)Nc3cccc(Cl)c3)CC2)cc1.OCc1ccc(C2CCC(CC(=S)Nc3cccc(Cl)c3)CC2)cc1. The number of carbonyl (C=O) groups excluding carboxylic acids is 1. The minimum atomic E-state index is -0.745. The van der Waals surface area contributed by atoms with Gasteiger partial charge in [0.15, 0.2) is 0 Å². The molecule has 0 spiro atoms. The van der Waals surface area contributed by atoms with E-state index in [9.17, 15) is 4.79 Å². The number of rotatable bonds is 11. The number of benzene rings is 4. The maximum absolute atomic E-state index is 10.7. The van der Waals surface area contributed by atoms with Crippen molar-refractivity contribution in [2.24, 2.45) is 17.6 Å². The molecular formula is C43H49Cl2N3O3S2. The average molecular weight is 791 g/mol. The van der Waals surface area contributed by atoms with Crippen LogP contribution in [0.4, 0.5) is 16.2 Å². The van der Waals surface area contributed by atoms with Gasteiger partial charge in [0, 0.05) is 34.3 Å². The van der Waals surface area contributed by atoms with Crippen LogP contribution in [-0.2, 0) is 18.0 Å². The van der Waals surface area contributed by atoms with Crippen LogP contribution in [0.15, 0.2) is 97.1 Å². The minimum absolute atomic E-state index is 0.115. The van der Waals surface area contributed by atoms with E-state index in [0.717, 1.165) is 50.3 Å². The summed E-state index contributed by atoms with van der Waals surface area (Å²) in [6.07, 6.45) is 10.6. The third-order valence-corrected chi connectivity index (χ3v) is 11.3. The fourth-order valence-corrected chi connectivity index (χ4v) is 8.50. The molecule has 5 N–H and O–H groups in total. The lowest BCUT2D eigenvalue weighted by Crippen LogP contribution is -2.19. The zero-order valence-corrected chi connectivity index (χ0v) is 33.1. The van der Waals surface area contributed by atoms with Gasteiger partial charge in [0.1, 0.15) is 6.61 Å². The Bertz CT molecular complexity index is 1790. The van der Waals surface area contributed by atoms with Gasteiger partial charge >= 0.3 is 6.09 Å². The predicted octanol–water partition coefficient (Wildman–Crippen LogP) is 12.0. The fourth-order valence-electron chi connectivity index (χ4n) is 7.42. The highest BCUT2D eigenvalue weighted by molar-refractivity contribution is 7.80. The highest BCUT2D eigenvalue weighted by Gasteiger charge is 2.24. The number of hydrogen-bond acceptors (Lipinski definition) is 5. The lowest BCUT2D eigenvalue weighted by molar-refractivity contribution is 0.150. The molecule has 6 rings (SSSR count). The van der Waals surface area contributed by atoms with E-state index < -0.39 is 6.09 Å². The summed E-state index contributed by atoms with van der Waals surface area (Å²) in [6.45, 7) is 0.337. The first kappa shape index (κ1) is 40.7. The van der Waals surface area contributed by atoms with Crippen LogP contribution in [0.2, 0.25) is 10.0 Å². The van der Waals surface area contributed by atoms with Crippen LogP contribution in [-0.4, -0.2) is 21.2 Å². The molecule has 1 amide bonds. The number of aliphatic hydroxyl groups excluding tert-OH is 1. The number of halogens is 2. The van der Waals surface area contributed by atoms with Gasteiger partial charge in [-0.2, -0.15) is 0 Å². The topological polar surface area (TPSA) is 96.6 Å². The summed E-state index contributed by atoms with van der Waals surface area (Å²) >= 11 is 23.1. The van der Waals surface area contributed by atoms with Crippen molar-refractivity contribution < 1.29 is 14.6 Å². The van der Waals surface area contributed by atoms with Crippen LogP contribution in [0, 0.1) is 11.8 Å². The van der Waals surface area contributed by atoms with Crippen LogP contribution >= 0.6 is 47.6 Å². The van der Waals surface area contributed by atoms with Crippen molar-refractivity contribution >= 4 is 75.1 Å². The summed E-state index contributed by atoms with van der Waals surface area (Å²) in [5, 5.41) is 17.2. The molecule has 6 nitrogen and oxygen atoms in total. The highest BCUT2D eigenvalue weighted by Crippen LogP contribution is 2.38. The first-order valence-corrected chi connectivity index (χ1v) is 20.0. The van der Waals surface area contributed by atoms with E-state index >= 15 is 0 Å². The number of nitrogens with two attached hydrogens (primary N) is 1. The molecule has 0 atom stereocenters. The second kappa shape index (κ2) is 20.8. The van der Waals surface area contributed by atoms with Gasteiger partial charge < -0.3 is 26.2 Å². The first-order valence-electron chi connectivity index (χ1n) is 18.4. The van der Waals surface area contributed by atoms with E-state index in [2.05, 4.69) is 34.9 Å². The van der Waals surface area contributed by atoms with E-state index in [1.165, 1.54) is 62.5 Å². The number of aliphatic hydroxyl groups is 1. The van der Waals surface area contributed by atoms with Gasteiger partial charge in [-0.15, -0.1) is 0 Å². The number of nitrogens with one attached hydrogen (secondary N) is 2. The van der Waals surface area contributed by atoms with Gasteiger partial charge in [-0.3, -0.25) is 0 Å². The van der Waals surface area contributed by atoms with Gasteiger partial charge in [-0.05, 0) is 134 Å². The summed E-state index contributed by atoms with van der Waals surface area (Å²) in [6, 6.07) is 32.0. The third-order valence-electron chi connectivity index (χ3n) is 10.3. The third kappa shape index (κ3) is 13.7. The number of ether oxygens (including phenoxy) is 1. The molecule has 0 aliphatic heterocycles. The van der Waals surface area contributed by atoms with Crippen molar-refractivity contribution in [2.75, 3.05) is 10.6 Å². The summed E-state index contributed by atoms with van der Waals surface area (Å²) < 4.78 is 4.83. The molecule has 0 saturated heterocycles. The Balaban J connectivity index is 0.000000206. The van der Waals surface area contributed by atoms with E-state index in [1.54, 1.807) is 0 Å². The van der Waals surface area contributed by atoms with Gasteiger partial charge in [-0.1, -0.05) is 108 Å². The largest absolute Gasteiger partial charge is 0.445 e. The molecule has 0 bridgehead atoms. The second-order valence-corrected chi connectivity index (χ2v) is 16.1. The quantitative estimate of drug-likeness (QED) is 0.112.